The molecule has 0 saturated carbocycles. The minimum atomic E-state index is -2.47. The minimum Gasteiger partial charge on any atom is -0.416 e. The van der Waals surface area contributed by atoms with Gasteiger partial charge in [-0.05, 0) is 86.4 Å². The van der Waals surface area contributed by atoms with E-state index in [1.807, 2.05) is 13.8 Å². The van der Waals surface area contributed by atoms with Gasteiger partial charge in [0.25, 0.3) is 0 Å². The van der Waals surface area contributed by atoms with E-state index < -0.39 is 62.9 Å². The molecule has 1 unspecified atom stereocenters. The summed E-state index contributed by atoms with van der Waals surface area (Å²) >= 11 is 0. The average Bonchev–Trinajstić information content (AvgIpc) is 3.66. The molecule has 11 heteroatoms. The molecular formula is C43H88O7Si4. The van der Waals surface area contributed by atoms with Crippen molar-refractivity contribution in [3.63, 3.8) is 0 Å². The smallest absolute Gasteiger partial charge is 0.192 e. The summed E-state index contributed by atoms with van der Waals surface area (Å²) in [7, 11) is -9.57. The van der Waals surface area contributed by atoms with Gasteiger partial charge in [0.2, 0.25) is 0 Å². The van der Waals surface area contributed by atoms with Crippen LogP contribution in [0, 0.1) is 17.8 Å². The molecule has 0 aromatic rings. The maximum absolute atomic E-state index is 16.0. The lowest BCUT2D eigenvalue weighted by Crippen LogP contribution is -2.57. The van der Waals surface area contributed by atoms with Crippen molar-refractivity contribution in [2.24, 2.45) is 17.8 Å². The molecule has 7 nitrogen and oxygen atoms in total. The first-order valence-electron chi connectivity index (χ1n) is 20.8. The highest BCUT2D eigenvalue weighted by Crippen LogP contribution is 2.52. The Balaban J connectivity index is 4.25. The summed E-state index contributed by atoms with van der Waals surface area (Å²) in [6.07, 6.45) is 3.48. The van der Waals surface area contributed by atoms with E-state index in [1.165, 1.54) is 0 Å². The van der Waals surface area contributed by atoms with E-state index in [1.54, 1.807) is 0 Å². The highest BCUT2D eigenvalue weighted by atomic mass is 28.4. The monoisotopic (exact) mass is 829 g/mol. The van der Waals surface area contributed by atoms with Crippen LogP contribution in [0.3, 0.4) is 0 Å². The molecule has 0 N–H and O–H groups in total. The van der Waals surface area contributed by atoms with Crippen molar-refractivity contribution in [1.29, 1.82) is 0 Å². The second-order valence-corrected chi connectivity index (χ2v) is 41.8. The van der Waals surface area contributed by atoms with Gasteiger partial charge in [0.15, 0.2) is 33.3 Å². The molecule has 1 rings (SSSR count). The van der Waals surface area contributed by atoms with Crippen LogP contribution in [0.25, 0.3) is 0 Å². The van der Waals surface area contributed by atoms with Crippen LogP contribution in [-0.2, 0) is 32.0 Å². The minimum absolute atomic E-state index is 0.00194. The fraction of sp³-hybridized carbons (Fsp3) is 0.907. The molecule has 0 aromatic heterocycles. The third-order valence-electron chi connectivity index (χ3n) is 14.1. The van der Waals surface area contributed by atoms with Crippen LogP contribution in [0.2, 0.25) is 72.5 Å². The molecule has 0 radical (unpaired) electrons. The maximum Gasteiger partial charge on any atom is 0.192 e. The third kappa shape index (κ3) is 12.9. The van der Waals surface area contributed by atoms with Crippen LogP contribution in [0.1, 0.15) is 124 Å². The van der Waals surface area contributed by atoms with Gasteiger partial charge in [-0.25, -0.2) is 0 Å². The van der Waals surface area contributed by atoms with Gasteiger partial charge in [0.05, 0.1) is 30.1 Å². The molecule has 318 valence electrons. The predicted molar refractivity (Wildman–Crippen MR) is 240 cm³/mol. The Morgan fingerprint density at radius 3 is 1.44 bits per heavy atom. The molecule has 0 amide bonds. The lowest BCUT2D eigenvalue weighted by atomic mass is 9.79. The standard InChI is InChI=1S/C43H88O7Si4/c1-25-27-31(3)37-43(16,48-37)38(50-54(23,24)42(13,14)15)34(30-47-52(19,20)40(7,8)9)36(45)33(29-46-51(17,18)39(4,5)6)35(28-32(44)26-2)49-53(21,22)41(10,11)12/h25,27,31,33-35,37-38H,26,28-30H2,1-24H3/t31-,33-,34-,35+,37+,38-,43?/m0/s1. The predicted octanol–water partition coefficient (Wildman–Crippen LogP) is 12.4. The fourth-order valence-corrected chi connectivity index (χ4v) is 10.6. The highest BCUT2D eigenvalue weighted by Gasteiger charge is 2.65. The quantitative estimate of drug-likeness (QED) is 0.0686. The number of hydrogen-bond donors (Lipinski definition) is 0. The largest absolute Gasteiger partial charge is 0.416 e. The topological polar surface area (TPSA) is 83.6 Å². The molecule has 1 fully saturated rings. The zero-order chi connectivity index (χ0) is 42.9. The SMILES string of the molecule is CC=C[C@H](C)[C@H]1OC1(C)[C@@H](O[Si](C)(C)C(C)(C)C)[C@@H](CO[Si](C)(C)C(C)(C)C)C(=O)[C@@H](CO[Si](C)(C)C(C)(C)C)[C@@H](CC(=O)CC)O[Si](C)(C)C(C)(C)C. The average molecular weight is 830 g/mol. The normalized spacial score (nSPS) is 22.6. The molecule has 0 spiro atoms. The summed E-state index contributed by atoms with van der Waals surface area (Å²) in [6, 6.07) is 0. The van der Waals surface area contributed by atoms with Crippen molar-refractivity contribution in [3.05, 3.63) is 12.2 Å². The fourth-order valence-electron chi connectivity index (χ4n) is 5.78. The van der Waals surface area contributed by atoms with Crippen LogP contribution in [0.5, 0.6) is 0 Å². The summed E-state index contributed by atoms with van der Waals surface area (Å²) < 4.78 is 35.5. The highest BCUT2D eigenvalue weighted by molar-refractivity contribution is 6.75. The first-order chi connectivity index (χ1) is 23.8. The van der Waals surface area contributed by atoms with Gasteiger partial charge in [-0.2, -0.15) is 0 Å². The Morgan fingerprint density at radius 1 is 0.685 bits per heavy atom. The van der Waals surface area contributed by atoms with Crippen LogP contribution < -0.4 is 0 Å². The van der Waals surface area contributed by atoms with Gasteiger partial charge in [-0.1, -0.05) is 109 Å². The van der Waals surface area contributed by atoms with Crippen molar-refractivity contribution in [3.8, 4) is 0 Å². The number of allylic oxidation sites excluding steroid dienone is 1. The Bertz CT molecular complexity index is 1280. The number of Topliss-reactive ketones (excluding diaryl/α,β-unsaturated/α-hetero) is 2. The number of carbonyl (C=O) groups is 2. The molecule has 1 heterocycles. The van der Waals surface area contributed by atoms with Crippen molar-refractivity contribution in [2.45, 2.75) is 220 Å². The Hall–Kier alpha value is -0.252. The van der Waals surface area contributed by atoms with Gasteiger partial charge in [0.1, 0.15) is 17.2 Å². The summed E-state index contributed by atoms with van der Waals surface area (Å²) in [5, 5.41) is -0.370. The molecular weight excluding hydrogens is 741 g/mol. The number of rotatable bonds is 20. The summed E-state index contributed by atoms with van der Waals surface area (Å²) in [5.41, 5.74) is -0.717. The van der Waals surface area contributed by atoms with E-state index in [0.717, 1.165) is 0 Å². The number of ketones is 2. The van der Waals surface area contributed by atoms with Crippen molar-refractivity contribution in [2.75, 3.05) is 13.2 Å². The first kappa shape index (κ1) is 51.8. The summed E-state index contributed by atoms with van der Waals surface area (Å²) in [5.74, 6) is -1.15. The molecule has 0 aliphatic carbocycles. The van der Waals surface area contributed by atoms with Crippen molar-refractivity contribution < 1.29 is 32.0 Å². The van der Waals surface area contributed by atoms with E-state index in [2.05, 4.69) is 161 Å². The zero-order valence-corrected chi connectivity index (χ0v) is 43.8. The van der Waals surface area contributed by atoms with Crippen LogP contribution in [0.15, 0.2) is 12.2 Å². The lowest BCUT2D eigenvalue weighted by molar-refractivity contribution is -0.139. The van der Waals surface area contributed by atoms with E-state index in [9.17, 15) is 4.79 Å². The van der Waals surface area contributed by atoms with Crippen molar-refractivity contribution >= 4 is 44.8 Å². The number of epoxide rings is 1. The second kappa shape index (κ2) is 17.9. The van der Waals surface area contributed by atoms with E-state index in [0.29, 0.717) is 6.42 Å². The molecule has 7 atom stereocenters. The molecule has 1 saturated heterocycles. The Morgan fingerprint density at radius 2 is 1.07 bits per heavy atom. The number of ether oxygens (including phenoxy) is 1. The van der Waals surface area contributed by atoms with Gasteiger partial charge in [-0.15, -0.1) is 0 Å². The zero-order valence-electron chi connectivity index (χ0n) is 39.8. The molecule has 0 bridgehead atoms. The van der Waals surface area contributed by atoms with Crippen LogP contribution in [-0.4, -0.2) is 82.0 Å². The van der Waals surface area contributed by atoms with E-state index in [-0.39, 0.29) is 63.4 Å². The van der Waals surface area contributed by atoms with E-state index in [4.69, 9.17) is 22.4 Å². The van der Waals surface area contributed by atoms with Crippen LogP contribution >= 0.6 is 0 Å². The Kier molecular flexibility index (Phi) is 17.2. The molecule has 1 aliphatic heterocycles. The number of hydrogen-bond acceptors (Lipinski definition) is 7. The third-order valence-corrected chi connectivity index (χ3v) is 32.1. The second-order valence-electron chi connectivity index (χ2n) is 22.7. The van der Waals surface area contributed by atoms with Crippen molar-refractivity contribution in [1.82, 2.24) is 0 Å². The first-order valence-corrected chi connectivity index (χ1v) is 32.5. The maximum atomic E-state index is 16.0. The molecule has 0 aromatic carbocycles. The van der Waals surface area contributed by atoms with Gasteiger partial charge >= 0.3 is 0 Å². The Labute approximate surface area is 338 Å². The lowest BCUT2D eigenvalue weighted by Gasteiger charge is -2.46. The molecule has 54 heavy (non-hydrogen) atoms. The van der Waals surface area contributed by atoms with Gasteiger partial charge in [-0.3, -0.25) is 9.59 Å². The summed E-state index contributed by atoms with van der Waals surface area (Å²) in [4.78, 5) is 29.5. The van der Waals surface area contributed by atoms with E-state index >= 15 is 4.79 Å². The number of carbonyl (C=O) groups excluding carboxylic acids is 2. The van der Waals surface area contributed by atoms with Gasteiger partial charge < -0.3 is 22.4 Å². The molecule has 1 aliphatic rings. The van der Waals surface area contributed by atoms with Gasteiger partial charge in [0, 0.05) is 32.0 Å². The van der Waals surface area contributed by atoms with Crippen LogP contribution in [0.4, 0.5) is 0 Å². The summed E-state index contributed by atoms with van der Waals surface area (Å²) in [6.45, 7) is 53.2.